The van der Waals surface area contributed by atoms with Crippen molar-refractivity contribution in [2.24, 2.45) is 0 Å². The molecule has 5 nitrogen and oxygen atoms in total. The van der Waals surface area contributed by atoms with Crippen LogP contribution >= 0.6 is 0 Å². The van der Waals surface area contributed by atoms with Gasteiger partial charge in [0.25, 0.3) is 5.91 Å². The molecule has 1 amide bonds. The van der Waals surface area contributed by atoms with Gasteiger partial charge >= 0.3 is 0 Å². The minimum atomic E-state index is -0.262. The third kappa shape index (κ3) is 3.71. The van der Waals surface area contributed by atoms with Gasteiger partial charge in [-0.1, -0.05) is 19.1 Å². The SMILES string of the molecule is CCc1cccc(OCC(=O)N2CCOCC2CO)c1. The minimum absolute atomic E-state index is 0.0103. The zero-order valence-electron chi connectivity index (χ0n) is 11.7. The summed E-state index contributed by atoms with van der Waals surface area (Å²) in [6.07, 6.45) is 0.932. The van der Waals surface area contributed by atoms with Crippen molar-refractivity contribution < 1.29 is 19.4 Å². The molecule has 0 aliphatic carbocycles. The number of rotatable bonds is 5. The van der Waals surface area contributed by atoms with Crippen LogP contribution in [0.5, 0.6) is 5.75 Å². The highest BCUT2D eigenvalue weighted by Crippen LogP contribution is 2.14. The number of aliphatic hydroxyl groups excluding tert-OH is 1. The average molecular weight is 279 g/mol. The predicted octanol–water partition coefficient (Wildman–Crippen LogP) is 0.847. The molecule has 0 aromatic heterocycles. The van der Waals surface area contributed by atoms with E-state index in [-0.39, 0.29) is 25.2 Å². The highest BCUT2D eigenvalue weighted by Gasteiger charge is 2.26. The molecule has 1 N–H and O–H groups in total. The Balaban J connectivity index is 1.90. The van der Waals surface area contributed by atoms with Gasteiger partial charge in [-0.05, 0) is 24.1 Å². The standard InChI is InChI=1S/C15H21NO4/c1-2-12-4-3-5-14(8-12)20-11-15(18)16-6-7-19-10-13(16)9-17/h3-5,8,13,17H,2,6-7,9-11H2,1H3. The number of amides is 1. The second-order valence-electron chi connectivity index (χ2n) is 4.79. The molecule has 1 aromatic carbocycles. The van der Waals surface area contributed by atoms with E-state index < -0.39 is 0 Å². The van der Waals surface area contributed by atoms with E-state index in [1.54, 1.807) is 4.90 Å². The van der Waals surface area contributed by atoms with Gasteiger partial charge in [0.1, 0.15) is 5.75 Å². The zero-order chi connectivity index (χ0) is 14.4. The van der Waals surface area contributed by atoms with Crippen molar-refractivity contribution in [1.82, 2.24) is 4.90 Å². The number of benzene rings is 1. The normalized spacial score (nSPS) is 18.9. The van der Waals surface area contributed by atoms with E-state index in [1.165, 1.54) is 5.56 Å². The molecule has 20 heavy (non-hydrogen) atoms. The lowest BCUT2D eigenvalue weighted by atomic mass is 10.2. The van der Waals surface area contributed by atoms with Crippen LogP contribution in [0.2, 0.25) is 0 Å². The second kappa shape index (κ2) is 7.26. The molecule has 0 spiro atoms. The lowest BCUT2D eigenvalue weighted by Crippen LogP contribution is -2.51. The Morgan fingerprint density at radius 3 is 3.15 bits per heavy atom. The van der Waals surface area contributed by atoms with E-state index >= 15 is 0 Å². The summed E-state index contributed by atoms with van der Waals surface area (Å²) in [4.78, 5) is 13.8. The second-order valence-corrected chi connectivity index (χ2v) is 4.79. The topological polar surface area (TPSA) is 59.0 Å². The highest BCUT2D eigenvalue weighted by atomic mass is 16.5. The molecule has 1 atom stereocenters. The molecule has 110 valence electrons. The van der Waals surface area contributed by atoms with E-state index in [2.05, 4.69) is 6.92 Å². The van der Waals surface area contributed by atoms with Crippen molar-refractivity contribution in [3.8, 4) is 5.75 Å². The van der Waals surface area contributed by atoms with E-state index in [1.807, 2.05) is 24.3 Å². The Hall–Kier alpha value is -1.59. The van der Waals surface area contributed by atoms with Crippen molar-refractivity contribution in [1.29, 1.82) is 0 Å². The van der Waals surface area contributed by atoms with Crippen molar-refractivity contribution in [3.63, 3.8) is 0 Å². The number of nitrogens with zero attached hydrogens (tertiary/aromatic N) is 1. The van der Waals surface area contributed by atoms with Crippen LogP contribution in [0.15, 0.2) is 24.3 Å². The molecule has 0 saturated carbocycles. The van der Waals surface area contributed by atoms with Gasteiger partial charge in [0.05, 0.1) is 25.9 Å². The van der Waals surface area contributed by atoms with Gasteiger partial charge in [-0.2, -0.15) is 0 Å². The van der Waals surface area contributed by atoms with Crippen molar-refractivity contribution in [3.05, 3.63) is 29.8 Å². The molecule has 0 radical (unpaired) electrons. The number of aryl methyl sites for hydroxylation is 1. The Morgan fingerprint density at radius 2 is 2.40 bits per heavy atom. The number of hydrogen-bond acceptors (Lipinski definition) is 4. The molecule has 1 saturated heterocycles. The summed E-state index contributed by atoms with van der Waals surface area (Å²) in [5.41, 5.74) is 1.18. The summed E-state index contributed by atoms with van der Waals surface area (Å²) >= 11 is 0. The number of aliphatic hydroxyl groups is 1. The van der Waals surface area contributed by atoms with Gasteiger partial charge in [0, 0.05) is 6.54 Å². The summed E-state index contributed by atoms with van der Waals surface area (Å²) in [5, 5.41) is 9.25. The molecule has 1 heterocycles. The van der Waals surface area contributed by atoms with Gasteiger partial charge in [-0.25, -0.2) is 0 Å². The van der Waals surface area contributed by atoms with Crippen LogP contribution < -0.4 is 4.74 Å². The maximum absolute atomic E-state index is 12.1. The number of ether oxygens (including phenoxy) is 2. The van der Waals surface area contributed by atoms with Crippen LogP contribution in [0.25, 0.3) is 0 Å². The molecule has 2 rings (SSSR count). The highest BCUT2D eigenvalue weighted by molar-refractivity contribution is 5.78. The summed E-state index contributed by atoms with van der Waals surface area (Å²) in [7, 11) is 0. The average Bonchev–Trinajstić information content (AvgIpc) is 2.52. The predicted molar refractivity (Wildman–Crippen MR) is 74.7 cm³/mol. The van der Waals surface area contributed by atoms with E-state index in [0.717, 1.165) is 6.42 Å². The molecule has 5 heteroatoms. The van der Waals surface area contributed by atoms with Gasteiger partial charge in [0.15, 0.2) is 6.61 Å². The summed E-state index contributed by atoms with van der Waals surface area (Å²) in [6, 6.07) is 7.47. The van der Waals surface area contributed by atoms with Crippen molar-refractivity contribution >= 4 is 5.91 Å². The maximum Gasteiger partial charge on any atom is 0.260 e. The third-order valence-electron chi connectivity index (χ3n) is 3.43. The number of morpholine rings is 1. The lowest BCUT2D eigenvalue weighted by molar-refractivity contribution is -0.143. The van der Waals surface area contributed by atoms with Crippen LogP contribution in [0.3, 0.4) is 0 Å². The fourth-order valence-electron chi connectivity index (χ4n) is 2.22. The molecular formula is C15H21NO4. The van der Waals surface area contributed by atoms with Gasteiger partial charge in [-0.3, -0.25) is 4.79 Å². The molecule has 1 unspecified atom stereocenters. The van der Waals surface area contributed by atoms with Crippen LogP contribution in [0.4, 0.5) is 0 Å². The summed E-state index contributed by atoms with van der Waals surface area (Å²) in [6.45, 7) is 3.37. The quantitative estimate of drug-likeness (QED) is 0.868. The zero-order valence-corrected chi connectivity index (χ0v) is 11.7. The lowest BCUT2D eigenvalue weighted by Gasteiger charge is -2.34. The number of carbonyl (C=O) groups excluding carboxylic acids is 1. The fourth-order valence-corrected chi connectivity index (χ4v) is 2.22. The van der Waals surface area contributed by atoms with E-state index in [4.69, 9.17) is 9.47 Å². The summed E-state index contributed by atoms with van der Waals surface area (Å²) < 4.78 is 10.8. The minimum Gasteiger partial charge on any atom is -0.484 e. The van der Waals surface area contributed by atoms with E-state index in [0.29, 0.717) is 25.5 Å². The molecule has 1 aliphatic heterocycles. The molecule has 1 fully saturated rings. The van der Waals surface area contributed by atoms with E-state index in [9.17, 15) is 9.90 Å². The smallest absolute Gasteiger partial charge is 0.260 e. The van der Waals surface area contributed by atoms with Crippen LogP contribution in [-0.4, -0.2) is 54.9 Å². The van der Waals surface area contributed by atoms with Crippen LogP contribution in [0.1, 0.15) is 12.5 Å². The van der Waals surface area contributed by atoms with Crippen LogP contribution in [0, 0.1) is 0 Å². The number of hydrogen-bond donors (Lipinski definition) is 1. The molecule has 0 bridgehead atoms. The summed E-state index contributed by atoms with van der Waals surface area (Å²) in [5.74, 6) is 0.584. The Bertz CT molecular complexity index is 449. The first-order valence-electron chi connectivity index (χ1n) is 6.94. The van der Waals surface area contributed by atoms with Gasteiger partial charge < -0.3 is 19.5 Å². The largest absolute Gasteiger partial charge is 0.484 e. The van der Waals surface area contributed by atoms with Gasteiger partial charge in [-0.15, -0.1) is 0 Å². The molecule has 1 aromatic rings. The van der Waals surface area contributed by atoms with Crippen LogP contribution in [-0.2, 0) is 16.0 Å². The molecular weight excluding hydrogens is 258 g/mol. The van der Waals surface area contributed by atoms with Crippen molar-refractivity contribution in [2.45, 2.75) is 19.4 Å². The fraction of sp³-hybridized carbons (Fsp3) is 0.533. The van der Waals surface area contributed by atoms with Gasteiger partial charge in [0.2, 0.25) is 0 Å². The Labute approximate surface area is 119 Å². The monoisotopic (exact) mass is 279 g/mol. The Morgan fingerprint density at radius 1 is 1.55 bits per heavy atom. The first-order chi connectivity index (χ1) is 9.74. The first-order valence-corrected chi connectivity index (χ1v) is 6.94. The Kier molecular flexibility index (Phi) is 5.38. The third-order valence-corrected chi connectivity index (χ3v) is 3.43. The van der Waals surface area contributed by atoms with Crippen molar-refractivity contribution in [2.75, 3.05) is 33.0 Å². The first kappa shape index (κ1) is 14.8. The molecule has 1 aliphatic rings. The maximum atomic E-state index is 12.1. The number of carbonyl (C=O) groups is 1.